The van der Waals surface area contributed by atoms with Gasteiger partial charge < -0.3 is 5.32 Å². The molecule has 4 heteroatoms. The summed E-state index contributed by atoms with van der Waals surface area (Å²) in [5.41, 5.74) is 2.16. The minimum absolute atomic E-state index is 0.442. The van der Waals surface area contributed by atoms with Gasteiger partial charge in [-0.2, -0.15) is 0 Å². The first-order valence-electron chi connectivity index (χ1n) is 6.72. The van der Waals surface area contributed by atoms with Crippen LogP contribution in [0.5, 0.6) is 0 Å². The molecule has 102 valence electrons. The van der Waals surface area contributed by atoms with Crippen molar-refractivity contribution < 1.29 is 0 Å². The zero-order valence-electron chi connectivity index (χ0n) is 12.0. The largest absolute Gasteiger partial charge is 0.310 e. The lowest BCUT2D eigenvalue weighted by atomic mass is 10.1. The minimum Gasteiger partial charge on any atom is -0.310 e. The van der Waals surface area contributed by atoms with Crippen molar-refractivity contribution >= 4 is 11.3 Å². The van der Waals surface area contributed by atoms with E-state index in [4.69, 9.17) is 4.98 Å². The SMILES string of the molecule is CC(C)NCc1sc(-c2ccccn2)nc1C(C)C. The van der Waals surface area contributed by atoms with E-state index in [1.54, 1.807) is 11.3 Å². The molecule has 2 heterocycles. The molecule has 0 aliphatic rings. The Balaban J connectivity index is 2.30. The molecule has 0 aliphatic carbocycles. The maximum absolute atomic E-state index is 4.77. The van der Waals surface area contributed by atoms with Crippen LogP contribution in [0, 0.1) is 0 Å². The predicted octanol–water partition coefficient (Wildman–Crippen LogP) is 3.83. The van der Waals surface area contributed by atoms with Gasteiger partial charge in [0.05, 0.1) is 11.4 Å². The van der Waals surface area contributed by atoms with Gasteiger partial charge in [0.1, 0.15) is 5.01 Å². The fourth-order valence-electron chi connectivity index (χ4n) is 1.84. The topological polar surface area (TPSA) is 37.8 Å². The van der Waals surface area contributed by atoms with E-state index in [2.05, 4.69) is 38.0 Å². The van der Waals surface area contributed by atoms with Crippen LogP contribution in [-0.2, 0) is 6.54 Å². The van der Waals surface area contributed by atoms with E-state index in [-0.39, 0.29) is 0 Å². The molecule has 0 unspecified atom stereocenters. The van der Waals surface area contributed by atoms with Gasteiger partial charge in [-0.3, -0.25) is 4.98 Å². The van der Waals surface area contributed by atoms with Crippen molar-refractivity contribution in [2.45, 2.75) is 46.2 Å². The van der Waals surface area contributed by atoms with Crippen molar-refractivity contribution in [2.75, 3.05) is 0 Å². The Morgan fingerprint density at radius 2 is 2.00 bits per heavy atom. The van der Waals surface area contributed by atoms with Crippen LogP contribution in [0.2, 0.25) is 0 Å². The first-order chi connectivity index (χ1) is 9.08. The van der Waals surface area contributed by atoms with Gasteiger partial charge in [0.2, 0.25) is 0 Å². The van der Waals surface area contributed by atoms with Crippen molar-refractivity contribution in [2.24, 2.45) is 0 Å². The Bertz CT molecular complexity index is 517. The van der Waals surface area contributed by atoms with Crippen LogP contribution < -0.4 is 5.32 Å². The van der Waals surface area contributed by atoms with Crippen LogP contribution in [0.25, 0.3) is 10.7 Å². The summed E-state index contributed by atoms with van der Waals surface area (Å²) in [6.45, 7) is 9.59. The van der Waals surface area contributed by atoms with Crippen LogP contribution in [-0.4, -0.2) is 16.0 Å². The number of thiazole rings is 1. The Morgan fingerprint density at radius 3 is 2.58 bits per heavy atom. The van der Waals surface area contributed by atoms with E-state index >= 15 is 0 Å². The summed E-state index contributed by atoms with van der Waals surface area (Å²) in [4.78, 5) is 10.5. The van der Waals surface area contributed by atoms with Crippen molar-refractivity contribution in [3.63, 3.8) is 0 Å². The first kappa shape index (κ1) is 14.2. The molecule has 2 aromatic heterocycles. The van der Waals surface area contributed by atoms with E-state index in [0.29, 0.717) is 12.0 Å². The van der Waals surface area contributed by atoms with Gasteiger partial charge in [0.25, 0.3) is 0 Å². The lowest BCUT2D eigenvalue weighted by molar-refractivity contribution is 0.588. The average Bonchev–Trinajstić information content (AvgIpc) is 2.81. The standard InChI is InChI=1S/C15H21N3S/c1-10(2)14-13(9-17-11(3)4)19-15(18-14)12-7-5-6-8-16-12/h5-8,10-11,17H,9H2,1-4H3. The molecule has 0 atom stereocenters. The summed E-state index contributed by atoms with van der Waals surface area (Å²) in [6, 6.07) is 6.44. The van der Waals surface area contributed by atoms with Gasteiger partial charge >= 0.3 is 0 Å². The monoisotopic (exact) mass is 275 g/mol. The highest BCUT2D eigenvalue weighted by atomic mass is 32.1. The zero-order chi connectivity index (χ0) is 13.8. The number of nitrogens with zero attached hydrogens (tertiary/aromatic N) is 2. The second-order valence-corrected chi connectivity index (χ2v) is 6.32. The normalized spacial score (nSPS) is 11.5. The number of hydrogen-bond donors (Lipinski definition) is 1. The highest BCUT2D eigenvalue weighted by molar-refractivity contribution is 7.15. The van der Waals surface area contributed by atoms with Gasteiger partial charge in [0.15, 0.2) is 0 Å². The zero-order valence-corrected chi connectivity index (χ0v) is 12.8. The van der Waals surface area contributed by atoms with Crippen LogP contribution in [0.3, 0.4) is 0 Å². The molecule has 0 bridgehead atoms. The van der Waals surface area contributed by atoms with E-state index < -0.39 is 0 Å². The fraction of sp³-hybridized carbons (Fsp3) is 0.467. The number of nitrogens with one attached hydrogen (secondary N) is 1. The number of rotatable bonds is 5. The maximum Gasteiger partial charge on any atom is 0.142 e. The summed E-state index contributed by atoms with van der Waals surface area (Å²) < 4.78 is 0. The highest BCUT2D eigenvalue weighted by Gasteiger charge is 2.15. The Morgan fingerprint density at radius 1 is 1.21 bits per heavy atom. The molecule has 0 aliphatic heterocycles. The average molecular weight is 275 g/mol. The molecule has 1 N–H and O–H groups in total. The van der Waals surface area contributed by atoms with Crippen molar-refractivity contribution in [3.8, 4) is 10.7 Å². The molecule has 0 spiro atoms. The maximum atomic E-state index is 4.77. The molecule has 0 amide bonds. The second-order valence-electron chi connectivity index (χ2n) is 5.23. The molecule has 3 nitrogen and oxygen atoms in total. The summed E-state index contributed by atoms with van der Waals surface area (Å²) in [7, 11) is 0. The molecule has 19 heavy (non-hydrogen) atoms. The third kappa shape index (κ3) is 3.61. The van der Waals surface area contributed by atoms with Crippen LogP contribution in [0.1, 0.15) is 44.2 Å². The van der Waals surface area contributed by atoms with E-state index in [0.717, 1.165) is 17.2 Å². The van der Waals surface area contributed by atoms with Gasteiger partial charge in [-0.05, 0) is 18.1 Å². The number of aromatic nitrogens is 2. The van der Waals surface area contributed by atoms with E-state index in [1.165, 1.54) is 10.6 Å². The van der Waals surface area contributed by atoms with Crippen LogP contribution in [0.4, 0.5) is 0 Å². The third-order valence-corrected chi connectivity index (χ3v) is 3.92. The van der Waals surface area contributed by atoms with Gasteiger partial charge in [0, 0.05) is 23.7 Å². The number of hydrogen-bond acceptors (Lipinski definition) is 4. The Kier molecular flexibility index (Phi) is 4.66. The lowest BCUT2D eigenvalue weighted by Crippen LogP contribution is -2.22. The summed E-state index contributed by atoms with van der Waals surface area (Å²) in [5, 5.41) is 4.49. The molecule has 2 aromatic rings. The number of pyridine rings is 1. The minimum atomic E-state index is 0.442. The smallest absolute Gasteiger partial charge is 0.142 e. The lowest BCUT2D eigenvalue weighted by Gasteiger charge is -2.09. The highest BCUT2D eigenvalue weighted by Crippen LogP contribution is 2.30. The van der Waals surface area contributed by atoms with Crippen molar-refractivity contribution in [1.29, 1.82) is 0 Å². The summed E-state index contributed by atoms with van der Waals surface area (Å²) in [5.74, 6) is 0.442. The second kappa shape index (κ2) is 6.26. The summed E-state index contributed by atoms with van der Waals surface area (Å²) >= 11 is 1.75. The van der Waals surface area contributed by atoms with Crippen LogP contribution in [0.15, 0.2) is 24.4 Å². The Labute approximate surface area is 119 Å². The predicted molar refractivity (Wildman–Crippen MR) is 81.4 cm³/mol. The van der Waals surface area contributed by atoms with Crippen LogP contribution >= 0.6 is 11.3 Å². The molecule has 0 fully saturated rings. The van der Waals surface area contributed by atoms with Gasteiger partial charge in [-0.15, -0.1) is 11.3 Å². The fourth-order valence-corrected chi connectivity index (χ4v) is 2.98. The first-order valence-corrected chi connectivity index (χ1v) is 7.54. The third-order valence-electron chi connectivity index (χ3n) is 2.83. The molecule has 2 rings (SSSR count). The van der Waals surface area contributed by atoms with E-state index in [1.807, 2.05) is 24.4 Å². The van der Waals surface area contributed by atoms with E-state index in [9.17, 15) is 0 Å². The molecule has 0 saturated heterocycles. The van der Waals surface area contributed by atoms with Crippen molar-refractivity contribution in [3.05, 3.63) is 35.0 Å². The molecular weight excluding hydrogens is 254 g/mol. The Hall–Kier alpha value is -1.26. The molecule has 0 radical (unpaired) electrons. The van der Waals surface area contributed by atoms with Gasteiger partial charge in [-0.25, -0.2) is 4.98 Å². The molecule has 0 aromatic carbocycles. The summed E-state index contributed by atoms with van der Waals surface area (Å²) in [6.07, 6.45) is 1.82. The molecule has 0 saturated carbocycles. The quantitative estimate of drug-likeness (QED) is 0.901. The van der Waals surface area contributed by atoms with Gasteiger partial charge in [-0.1, -0.05) is 33.8 Å². The van der Waals surface area contributed by atoms with Crippen molar-refractivity contribution in [1.82, 2.24) is 15.3 Å². The molecular formula is C15H21N3S.